The van der Waals surface area contributed by atoms with Crippen molar-refractivity contribution < 1.29 is 29.0 Å². The largest absolute Gasteiger partial charge is 0.496 e. The topological polar surface area (TPSA) is 140 Å². The molecule has 0 radical (unpaired) electrons. The number of hydrogen-bond acceptors (Lipinski definition) is 6. The van der Waals surface area contributed by atoms with Crippen LogP contribution in [0.2, 0.25) is 0 Å². The van der Waals surface area contributed by atoms with Crippen LogP contribution in [0.3, 0.4) is 0 Å². The van der Waals surface area contributed by atoms with Crippen LogP contribution >= 0.6 is 0 Å². The van der Waals surface area contributed by atoms with E-state index in [2.05, 4.69) is 53.1 Å². The highest BCUT2D eigenvalue weighted by atomic mass is 16.5. The van der Waals surface area contributed by atoms with Gasteiger partial charge in [-0.05, 0) is 107 Å². The molecule has 0 spiro atoms. The normalized spacial score (nSPS) is 10.2. The lowest BCUT2D eigenvalue weighted by Gasteiger charge is -2.13. The van der Waals surface area contributed by atoms with E-state index in [0.29, 0.717) is 22.6 Å². The second kappa shape index (κ2) is 21.9. The van der Waals surface area contributed by atoms with Crippen LogP contribution in [0.25, 0.3) is 33.4 Å². The van der Waals surface area contributed by atoms with Gasteiger partial charge in [-0.25, -0.2) is 4.79 Å². The summed E-state index contributed by atoms with van der Waals surface area (Å²) in [7, 11) is 3.04. The molecule has 0 atom stereocenters. The zero-order valence-corrected chi connectivity index (χ0v) is 36.0. The third kappa shape index (κ3) is 11.7. The van der Waals surface area contributed by atoms with Crippen molar-refractivity contribution in [2.24, 2.45) is 0 Å². The van der Waals surface area contributed by atoms with Crippen molar-refractivity contribution in [3.63, 3.8) is 0 Å². The van der Waals surface area contributed by atoms with Crippen molar-refractivity contribution in [1.29, 1.82) is 0 Å². The smallest absolute Gasteiger partial charge is 0.337 e. The number of hydrogen-bond donors (Lipinski definition) is 4. The van der Waals surface area contributed by atoms with E-state index in [-0.39, 0.29) is 17.2 Å². The molecule has 0 aromatic heterocycles. The molecular weight excluding hydrogens is 799 g/mol. The fourth-order valence-corrected chi connectivity index (χ4v) is 6.71. The number of anilines is 3. The summed E-state index contributed by atoms with van der Waals surface area (Å²) in [5.74, 6) is -0.746. The van der Waals surface area contributed by atoms with Crippen LogP contribution in [0, 0.1) is 13.8 Å². The molecule has 9 heteroatoms. The SMILES string of the molecule is COc1ccccc1C(=O)Nc1cc(-c2ccccc2)ccc1C.COc1ccccc1C(=O)Nc1cc(-c2ccccc2)ccc1C(=O)O.Cc1ccc(-c2ccccc2)cc1N. The quantitative estimate of drug-likeness (QED) is 0.100. The minimum absolute atomic E-state index is 0.0212. The number of nitrogens with two attached hydrogens (primary N) is 1. The molecule has 0 saturated carbocycles. The van der Waals surface area contributed by atoms with E-state index in [9.17, 15) is 19.5 Å². The Morgan fingerprint density at radius 3 is 1.23 bits per heavy atom. The van der Waals surface area contributed by atoms with E-state index in [1.165, 1.54) is 24.3 Å². The number of para-hydroxylation sites is 2. The van der Waals surface area contributed by atoms with Gasteiger partial charge in [-0.2, -0.15) is 0 Å². The summed E-state index contributed by atoms with van der Waals surface area (Å²) in [5, 5.41) is 15.1. The van der Waals surface area contributed by atoms with Crippen LogP contribution in [-0.2, 0) is 0 Å². The molecule has 64 heavy (non-hydrogen) atoms. The highest BCUT2D eigenvalue weighted by molar-refractivity contribution is 6.09. The molecule has 2 amide bonds. The van der Waals surface area contributed by atoms with Gasteiger partial charge >= 0.3 is 5.97 Å². The molecule has 0 aliphatic carbocycles. The van der Waals surface area contributed by atoms with Gasteiger partial charge in [0.2, 0.25) is 0 Å². The average Bonchev–Trinajstić information content (AvgIpc) is 3.34. The average molecular weight is 848 g/mol. The first-order chi connectivity index (χ1) is 31.1. The Morgan fingerprint density at radius 2 is 0.797 bits per heavy atom. The van der Waals surface area contributed by atoms with Crippen molar-refractivity contribution >= 4 is 34.8 Å². The first kappa shape index (κ1) is 45.1. The number of methoxy groups -OCH3 is 2. The first-order valence-electron chi connectivity index (χ1n) is 20.5. The van der Waals surface area contributed by atoms with Crippen molar-refractivity contribution in [2.75, 3.05) is 30.6 Å². The second-order valence-electron chi connectivity index (χ2n) is 14.6. The van der Waals surface area contributed by atoms with E-state index >= 15 is 0 Å². The number of nitrogen functional groups attached to an aromatic ring is 1. The number of carbonyl (C=O) groups is 3. The summed E-state index contributed by atoms with van der Waals surface area (Å²) in [5.41, 5.74) is 17.1. The van der Waals surface area contributed by atoms with Crippen molar-refractivity contribution in [3.8, 4) is 44.9 Å². The van der Waals surface area contributed by atoms with Gasteiger partial charge in [0, 0.05) is 11.4 Å². The Balaban J connectivity index is 0.000000166. The molecule has 0 aliphatic heterocycles. The van der Waals surface area contributed by atoms with Crippen LogP contribution in [0.15, 0.2) is 194 Å². The molecule has 0 unspecified atom stereocenters. The maximum atomic E-state index is 12.6. The zero-order chi connectivity index (χ0) is 45.4. The number of carboxylic acid groups (broad SMARTS) is 1. The highest BCUT2D eigenvalue weighted by Crippen LogP contribution is 2.29. The lowest BCUT2D eigenvalue weighted by Crippen LogP contribution is -2.15. The molecule has 8 aromatic carbocycles. The summed E-state index contributed by atoms with van der Waals surface area (Å²) in [4.78, 5) is 36.8. The number of benzene rings is 8. The number of nitrogens with one attached hydrogen (secondary N) is 2. The number of ether oxygens (including phenoxy) is 2. The lowest BCUT2D eigenvalue weighted by atomic mass is 10.0. The fourth-order valence-electron chi connectivity index (χ4n) is 6.71. The number of rotatable bonds is 10. The van der Waals surface area contributed by atoms with Crippen LogP contribution in [0.1, 0.15) is 42.2 Å². The minimum atomic E-state index is -1.11. The Labute approximate surface area is 373 Å². The van der Waals surface area contributed by atoms with Crippen LogP contribution < -0.4 is 25.8 Å². The second-order valence-corrected chi connectivity index (χ2v) is 14.6. The van der Waals surface area contributed by atoms with Crippen LogP contribution in [0.4, 0.5) is 17.1 Å². The number of aryl methyl sites for hydroxylation is 2. The summed E-state index contributed by atoms with van der Waals surface area (Å²) < 4.78 is 10.5. The van der Waals surface area contributed by atoms with E-state index in [0.717, 1.165) is 44.8 Å². The Bertz CT molecular complexity index is 2850. The van der Waals surface area contributed by atoms with Crippen molar-refractivity contribution in [2.45, 2.75) is 13.8 Å². The van der Waals surface area contributed by atoms with Gasteiger partial charge in [0.05, 0.1) is 36.6 Å². The molecular formula is C55H49N3O6. The van der Waals surface area contributed by atoms with Gasteiger partial charge in [0.1, 0.15) is 11.5 Å². The summed E-state index contributed by atoms with van der Waals surface area (Å²) in [6, 6.07) is 61.0. The number of aromatic carboxylic acids is 1. The van der Waals surface area contributed by atoms with Gasteiger partial charge in [-0.1, -0.05) is 146 Å². The minimum Gasteiger partial charge on any atom is -0.496 e. The predicted octanol–water partition coefficient (Wildman–Crippen LogP) is 12.5. The molecule has 8 rings (SSSR count). The maximum absolute atomic E-state index is 12.6. The summed E-state index contributed by atoms with van der Waals surface area (Å²) in [6.07, 6.45) is 0. The first-order valence-corrected chi connectivity index (χ1v) is 20.5. The Kier molecular flexibility index (Phi) is 15.4. The number of carboxylic acids is 1. The Morgan fingerprint density at radius 1 is 0.422 bits per heavy atom. The molecule has 0 fully saturated rings. The van der Waals surface area contributed by atoms with Gasteiger partial charge < -0.3 is 30.9 Å². The molecule has 0 bridgehead atoms. The molecule has 8 aromatic rings. The standard InChI is InChI=1S/C21H17NO4.C21H19NO2.C13H13N/c1-26-19-10-6-5-9-17(19)20(23)22-18-13-15(11-12-16(18)21(24)25)14-7-3-2-4-8-14;1-15-12-13-17(16-8-4-3-5-9-16)14-19(15)22-21(23)18-10-6-7-11-20(18)24-2;1-10-7-8-12(9-13(10)14)11-5-3-2-4-6-11/h2-13H,1H3,(H,22,23)(H,24,25);3-14H,1-2H3,(H,22,23);2-9H,14H2,1H3. The molecule has 5 N–H and O–H groups in total. The molecule has 9 nitrogen and oxygen atoms in total. The summed E-state index contributed by atoms with van der Waals surface area (Å²) >= 11 is 0. The molecule has 320 valence electrons. The predicted molar refractivity (Wildman–Crippen MR) is 258 cm³/mol. The third-order valence-electron chi connectivity index (χ3n) is 10.3. The molecule has 0 saturated heterocycles. The Hall–Kier alpha value is -8.43. The number of carbonyl (C=O) groups excluding carboxylic acids is 2. The molecule has 0 heterocycles. The fraction of sp³-hybridized carbons (Fsp3) is 0.0727. The van der Waals surface area contributed by atoms with Gasteiger partial charge in [0.25, 0.3) is 11.8 Å². The van der Waals surface area contributed by atoms with Crippen LogP contribution in [0.5, 0.6) is 11.5 Å². The van der Waals surface area contributed by atoms with Gasteiger partial charge in [-0.15, -0.1) is 0 Å². The molecule has 0 aliphatic rings. The number of amides is 2. The van der Waals surface area contributed by atoms with Gasteiger partial charge in [-0.3, -0.25) is 9.59 Å². The maximum Gasteiger partial charge on any atom is 0.337 e. The van der Waals surface area contributed by atoms with Gasteiger partial charge in [0.15, 0.2) is 0 Å². The third-order valence-corrected chi connectivity index (χ3v) is 10.3. The monoisotopic (exact) mass is 847 g/mol. The van der Waals surface area contributed by atoms with E-state index in [4.69, 9.17) is 15.2 Å². The van der Waals surface area contributed by atoms with E-state index < -0.39 is 11.9 Å². The lowest BCUT2D eigenvalue weighted by molar-refractivity contribution is 0.0697. The highest BCUT2D eigenvalue weighted by Gasteiger charge is 2.18. The summed E-state index contributed by atoms with van der Waals surface area (Å²) in [6.45, 7) is 4.00. The van der Waals surface area contributed by atoms with Crippen molar-refractivity contribution in [1.82, 2.24) is 0 Å². The van der Waals surface area contributed by atoms with E-state index in [1.54, 1.807) is 55.6 Å². The zero-order valence-electron chi connectivity index (χ0n) is 36.0. The van der Waals surface area contributed by atoms with E-state index in [1.807, 2.05) is 111 Å². The van der Waals surface area contributed by atoms with Crippen LogP contribution in [-0.4, -0.2) is 37.1 Å². The van der Waals surface area contributed by atoms with Crippen molar-refractivity contribution in [3.05, 3.63) is 222 Å².